The Morgan fingerprint density at radius 1 is 1.00 bits per heavy atom. The van der Waals surface area contributed by atoms with Crippen molar-refractivity contribution in [1.29, 1.82) is 0 Å². The van der Waals surface area contributed by atoms with Gasteiger partial charge in [0.15, 0.2) is 0 Å². The van der Waals surface area contributed by atoms with Gasteiger partial charge < -0.3 is 13.3 Å². The maximum Gasteiger partial charge on any atom is 0.503 e. The zero-order chi connectivity index (χ0) is 12.1. The van der Waals surface area contributed by atoms with Gasteiger partial charge in [-0.15, -0.1) is 0 Å². The van der Waals surface area contributed by atoms with Crippen LogP contribution in [0.1, 0.15) is 40.5 Å². The summed E-state index contributed by atoms with van der Waals surface area (Å²) >= 11 is 0. The second-order valence-corrected chi connectivity index (χ2v) is 8.63. The van der Waals surface area contributed by atoms with E-state index in [1.165, 1.54) is 0 Å². The summed E-state index contributed by atoms with van der Waals surface area (Å²) in [6, 6.07) is 0. The zero-order valence-electron chi connectivity index (χ0n) is 11.2. The Morgan fingerprint density at radius 3 is 1.67 bits per heavy atom. The number of hydrogen-bond acceptors (Lipinski definition) is 3. The minimum atomic E-state index is -2.42. The molecule has 0 fully saturated rings. The second kappa shape index (κ2) is 5.99. The third kappa shape index (κ3) is 4.63. The maximum atomic E-state index is 5.46. The molecule has 0 saturated heterocycles. The third-order valence-electron chi connectivity index (χ3n) is 2.78. The summed E-state index contributed by atoms with van der Waals surface area (Å²) in [5.41, 5.74) is 0.695. The van der Waals surface area contributed by atoms with Gasteiger partial charge in [-0.2, -0.15) is 0 Å². The first-order chi connectivity index (χ1) is 6.81. The van der Waals surface area contributed by atoms with Crippen LogP contribution in [0.15, 0.2) is 0 Å². The van der Waals surface area contributed by atoms with Crippen molar-refractivity contribution in [1.82, 2.24) is 0 Å². The van der Waals surface area contributed by atoms with E-state index in [1.807, 2.05) is 0 Å². The van der Waals surface area contributed by atoms with Gasteiger partial charge in [0.25, 0.3) is 0 Å². The molecule has 0 N–H and O–H groups in total. The normalized spacial score (nSPS) is 15.4. The fourth-order valence-electron chi connectivity index (χ4n) is 1.68. The molecule has 0 bridgehead atoms. The first-order valence-electron chi connectivity index (χ1n) is 5.46. The number of rotatable bonds is 6. The molecule has 3 nitrogen and oxygen atoms in total. The van der Waals surface area contributed by atoms with Crippen molar-refractivity contribution >= 4 is 8.80 Å². The average molecular weight is 234 g/mol. The SMILES string of the molecule is CO[Si](OC)(OC)C(C)CCC(C)(C)C. The van der Waals surface area contributed by atoms with Gasteiger partial charge in [0.05, 0.1) is 0 Å². The van der Waals surface area contributed by atoms with Crippen LogP contribution in [0.2, 0.25) is 5.54 Å². The van der Waals surface area contributed by atoms with Crippen LogP contribution in [0.3, 0.4) is 0 Å². The van der Waals surface area contributed by atoms with Gasteiger partial charge in [-0.1, -0.05) is 27.7 Å². The fraction of sp³-hybridized carbons (Fsp3) is 1.00. The minimum absolute atomic E-state index is 0.344. The van der Waals surface area contributed by atoms with Gasteiger partial charge in [-0.25, -0.2) is 0 Å². The molecule has 15 heavy (non-hydrogen) atoms. The van der Waals surface area contributed by atoms with E-state index in [-0.39, 0.29) is 0 Å². The fourth-order valence-corrected chi connectivity index (χ4v) is 3.88. The summed E-state index contributed by atoms with van der Waals surface area (Å²) in [5, 5.41) is 0. The van der Waals surface area contributed by atoms with Crippen molar-refractivity contribution in [2.24, 2.45) is 5.41 Å². The van der Waals surface area contributed by atoms with Crippen molar-refractivity contribution in [3.05, 3.63) is 0 Å². The summed E-state index contributed by atoms with van der Waals surface area (Å²) in [7, 11) is 2.60. The van der Waals surface area contributed by atoms with Gasteiger partial charge in [0, 0.05) is 26.9 Å². The first-order valence-corrected chi connectivity index (χ1v) is 7.27. The van der Waals surface area contributed by atoms with Crippen molar-refractivity contribution < 1.29 is 13.3 Å². The van der Waals surface area contributed by atoms with E-state index in [2.05, 4.69) is 27.7 Å². The lowest BCUT2D eigenvalue weighted by molar-refractivity contribution is 0.110. The molecule has 0 aliphatic heterocycles. The smallest absolute Gasteiger partial charge is 0.377 e. The van der Waals surface area contributed by atoms with Crippen LogP contribution in [0, 0.1) is 5.41 Å². The van der Waals surface area contributed by atoms with Gasteiger partial charge in [-0.3, -0.25) is 0 Å². The van der Waals surface area contributed by atoms with Crippen LogP contribution < -0.4 is 0 Å². The summed E-state index contributed by atoms with van der Waals surface area (Å²) in [6.45, 7) is 8.88. The Kier molecular flexibility index (Phi) is 6.03. The van der Waals surface area contributed by atoms with Crippen LogP contribution in [0.5, 0.6) is 0 Å². The molecule has 0 rings (SSSR count). The average Bonchev–Trinajstić information content (AvgIpc) is 2.17. The standard InChI is InChI=1S/C11H26O3Si/c1-10(8-9-11(2,3)4)15(12-5,13-6)14-7/h10H,8-9H2,1-7H3. The zero-order valence-corrected chi connectivity index (χ0v) is 12.2. The summed E-state index contributed by atoms with van der Waals surface area (Å²) in [5.74, 6) is 0. The molecule has 0 radical (unpaired) electrons. The van der Waals surface area contributed by atoms with Gasteiger partial charge in [0.2, 0.25) is 0 Å². The molecule has 1 atom stereocenters. The van der Waals surface area contributed by atoms with E-state index in [1.54, 1.807) is 21.3 Å². The van der Waals surface area contributed by atoms with Gasteiger partial charge in [0.1, 0.15) is 0 Å². The highest BCUT2D eigenvalue weighted by atomic mass is 28.4. The van der Waals surface area contributed by atoms with E-state index in [4.69, 9.17) is 13.3 Å². The van der Waals surface area contributed by atoms with Crippen LogP contribution >= 0.6 is 0 Å². The van der Waals surface area contributed by atoms with Crippen molar-refractivity contribution in [2.45, 2.75) is 46.1 Å². The third-order valence-corrected chi connectivity index (χ3v) is 5.99. The molecule has 0 saturated carbocycles. The Bertz CT molecular complexity index is 165. The van der Waals surface area contributed by atoms with Crippen LogP contribution in [-0.4, -0.2) is 30.1 Å². The monoisotopic (exact) mass is 234 g/mol. The molecule has 0 aromatic heterocycles. The largest absolute Gasteiger partial charge is 0.503 e. The lowest BCUT2D eigenvalue weighted by Crippen LogP contribution is -2.46. The summed E-state index contributed by atoms with van der Waals surface area (Å²) < 4.78 is 16.4. The number of hydrogen-bond donors (Lipinski definition) is 0. The van der Waals surface area contributed by atoms with E-state index in [0.29, 0.717) is 11.0 Å². The minimum Gasteiger partial charge on any atom is -0.377 e. The molecule has 1 unspecified atom stereocenters. The Hall–Kier alpha value is 0.0969. The van der Waals surface area contributed by atoms with Crippen molar-refractivity contribution in [3.8, 4) is 0 Å². The lowest BCUT2D eigenvalue weighted by Gasteiger charge is -2.31. The quantitative estimate of drug-likeness (QED) is 0.661. The highest BCUT2D eigenvalue weighted by molar-refractivity contribution is 6.62. The second-order valence-electron chi connectivity index (χ2n) is 5.22. The van der Waals surface area contributed by atoms with E-state index < -0.39 is 8.80 Å². The predicted octanol–water partition coefficient (Wildman–Crippen LogP) is 3.08. The first kappa shape index (κ1) is 15.1. The molecule has 0 spiro atoms. The summed E-state index contributed by atoms with van der Waals surface area (Å²) in [4.78, 5) is 0. The molecular formula is C11H26O3Si. The maximum absolute atomic E-state index is 5.46. The molecule has 92 valence electrons. The highest BCUT2D eigenvalue weighted by Gasteiger charge is 2.44. The molecule has 0 aliphatic carbocycles. The van der Waals surface area contributed by atoms with Crippen molar-refractivity contribution in [2.75, 3.05) is 21.3 Å². The van der Waals surface area contributed by atoms with E-state index in [0.717, 1.165) is 12.8 Å². The Labute approximate surface area is 95.5 Å². The molecule has 0 heterocycles. The van der Waals surface area contributed by atoms with Crippen LogP contribution in [-0.2, 0) is 13.3 Å². The van der Waals surface area contributed by atoms with Gasteiger partial charge >= 0.3 is 8.80 Å². The van der Waals surface area contributed by atoms with E-state index in [9.17, 15) is 0 Å². The van der Waals surface area contributed by atoms with Crippen LogP contribution in [0.4, 0.5) is 0 Å². The Balaban J connectivity index is 4.33. The molecule has 0 aromatic rings. The van der Waals surface area contributed by atoms with Crippen LogP contribution in [0.25, 0.3) is 0 Å². The lowest BCUT2D eigenvalue weighted by atomic mass is 9.90. The molecule has 4 heteroatoms. The molecule has 0 amide bonds. The van der Waals surface area contributed by atoms with E-state index >= 15 is 0 Å². The summed E-state index contributed by atoms with van der Waals surface area (Å²) in [6.07, 6.45) is 2.23. The molecule has 0 aromatic carbocycles. The molecular weight excluding hydrogens is 208 g/mol. The topological polar surface area (TPSA) is 27.7 Å². The Morgan fingerprint density at radius 2 is 1.40 bits per heavy atom. The predicted molar refractivity (Wildman–Crippen MR) is 64.9 cm³/mol. The molecule has 0 aliphatic rings. The van der Waals surface area contributed by atoms with Crippen molar-refractivity contribution in [3.63, 3.8) is 0 Å². The highest BCUT2D eigenvalue weighted by Crippen LogP contribution is 2.32. The van der Waals surface area contributed by atoms with Gasteiger partial charge in [-0.05, 0) is 18.3 Å².